The van der Waals surface area contributed by atoms with Gasteiger partial charge in [-0.05, 0) is 58.8 Å². The fourth-order valence-electron chi connectivity index (χ4n) is 1.76. The van der Waals surface area contributed by atoms with Gasteiger partial charge in [0.1, 0.15) is 6.10 Å². The molecule has 2 aromatic carbocycles. The highest BCUT2D eigenvalue weighted by Gasteiger charge is 2.21. The lowest BCUT2D eigenvalue weighted by Gasteiger charge is -2.15. The molecule has 1 N–H and O–H groups in total. The van der Waals surface area contributed by atoms with Crippen LogP contribution in [0.2, 0.25) is 0 Å². The number of benzene rings is 2. The van der Waals surface area contributed by atoms with Gasteiger partial charge in [-0.25, -0.2) is 8.78 Å². The minimum absolute atomic E-state index is 0.0564. The van der Waals surface area contributed by atoms with Crippen LogP contribution in [0.4, 0.5) is 8.78 Å². The van der Waals surface area contributed by atoms with Gasteiger partial charge in [-0.3, -0.25) is 0 Å². The molecule has 0 aliphatic heterocycles. The van der Waals surface area contributed by atoms with E-state index >= 15 is 0 Å². The highest BCUT2D eigenvalue weighted by molar-refractivity contribution is 14.1. The summed E-state index contributed by atoms with van der Waals surface area (Å²) in [6, 6.07) is 8.19. The minimum Gasteiger partial charge on any atom is -0.384 e. The Kier molecular flexibility index (Phi) is 4.58. The first-order chi connectivity index (χ1) is 8.91. The second-order valence-electron chi connectivity index (χ2n) is 4.17. The van der Waals surface area contributed by atoms with E-state index in [1.54, 1.807) is 12.1 Å². The van der Waals surface area contributed by atoms with Crippen LogP contribution < -0.4 is 0 Å². The second-order valence-corrected chi connectivity index (χ2v) is 6.25. The molecule has 1 nitrogen and oxygen atoms in total. The van der Waals surface area contributed by atoms with Crippen molar-refractivity contribution in [1.29, 1.82) is 0 Å². The topological polar surface area (TPSA) is 20.2 Å². The second kappa shape index (κ2) is 5.85. The number of aryl methyl sites for hydroxylation is 1. The summed E-state index contributed by atoms with van der Waals surface area (Å²) in [5, 5.41) is 10.3. The van der Waals surface area contributed by atoms with Gasteiger partial charge in [0.05, 0.1) is 0 Å². The molecular formula is C14H10BrF2IO. The number of halogens is 4. The molecule has 0 aliphatic carbocycles. The highest BCUT2D eigenvalue weighted by atomic mass is 127. The molecule has 1 unspecified atom stereocenters. The Morgan fingerprint density at radius 1 is 1.11 bits per heavy atom. The smallest absolute Gasteiger partial charge is 0.165 e. The third-order valence-corrected chi connectivity index (χ3v) is 4.33. The lowest BCUT2D eigenvalue weighted by atomic mass is 9.99. The van der Waals surface area contributed by atoms with Crippen LogP contribution in [0.1, 0.15) is 22.8 Å². The van der Waals surface area contributed by atoms with Crippen LogP contribution in [0.5, 0.6) is 0 Å². The van der Waals surface area contributed by atoms with E-state index in [2.05, 4.69) is 15.9 Å². The molecule has 0 fully saturated rings. The van der Waals surface area contributed by atoms with Crippen molar-refractivity contribution in [3.05, 3.63) is 66.7 Å². The first kappa shape index (κ1) is 14.9. The van der Waals surface area contributed by atoms with Crippen molar-refractivity contribution in [1.82, 2.24) is 0 Å². The Hall–Kier alpha value is -0.530. The summed E-state index contributed by atoms with van der Waals surface area (Å²) in [6.45, 7) is 1.48. The Balaban J connectivity index is 2.53. The Morgan fingerprint density at radius 2 is 1.79 bits per heavy atom. The van der Waals surface area contributed by atoms with Crippen LogP contribution in [0.3, 0.4) is 0 Å². The van der Waals surface area contributed by atoms with E-state index in [0.717, 1.165) is 8.04 Å². The molecule has 0 saturated heterocycles. The number of rotatable bonds is 2. The predicted octanol–water partition coefficient (Wildman–Crippen LogP) is 4.72. The van der Waals surface area contributed by atoms with Crippen LogP contribution in [-0.4, -0.2) is 5.11 Å². The van der Waals surface area contributed by atoms with Crippen LogP contribution in [-0.2, 0) is 0 Å². The number of hydrogen-bond donors (Lipinski definition) is 1. The minimum atomic E-state index is -1.19. The molecule has 0 spiro atoms. The van der Waals surface area contributed by atoms with Gasteiger partial charge in [0.2, 0.25) is 0 Å². The van der Waals surface area contributed by atoms with Crippen molar-refractivity contribution in [3.8, 4) is 0 Å². The van der Waals surface area contributed by atoms with Crippen LogP contribution >= 0.6 is 38.5 Å². The summed E-state index contributed by atoms with van der Waals surface area (Å²) in [7, 11) is 0. The fourth-order valence-corrected chi connectivity index (χ4v) is 2.77. The third kappa shape index (κ3) is 2.98. The van der Waals surface area contributed by atoms with Crippen molar-refractivity contribution in [2.75, 3.05) is 0 Å². The molecule has 2 aromatic rings. The SMILES string of the molecule is Cc1ccc(C(O)c2cc(Br)ccc2I)c(F)c1F. The number of aliphatic hydroxyl groups excluding tert-OH is 1. The predicted molar refractivity (Wildman–Crippen MR) is 82.0 cm³/mol. The van der Waals surface area contributed by atoms with Gasteiger partial charge in [0.15, 0.2) is 11.6 Å². The normalized spacial score (nSPS) is 12.5. The average Bonchev–Trinajstić information content (AvgIpc) is 2.38. The van der Waals surface area contributed by atoms with Crippen molar-refractivity contribution < 1.29 is 13.9 Å². The molecule has 5 heteroatoms. The zero-order chi connectivity index (χ0) is 14.2. The molecule has 100 valence electrons. The molecule has 0 bridgehead atoms. The molecule has 0 saturated carbocycles. The van der Waals surface area contributed by atoms with Gasteiger partial charge in [0.25, 0.3) is 0 Å². The average molecular weight is 439 g/mol. The summed E-state index contributed by atoms with van der Waals surface area (Å²) < 4.78 is 29.0. The first-order valence-electron chi connectivity index (χ1n) is 5.49. The summed E-state index contributed by atoms with van der Waals surface area (Å²) in [6.07, 6.45) is -1.19. The van der Waals surface area contributed by atoms with Crippen molar-refractivity contribution in [2.45, 2.75) is 13.0 Å². The standard InChI is InChI=1S/C14H10BrF2IO/c1-7-2-4-9(13(17)12(7)16)14(19)10-6-8(15)3-5-11(10)18/h2-6,14,19H,1H3. The van der Waals surface area contributed by atoms with Gasteiger partial charge >= 0.3 is 0 Å². The van der Waals surface area contributed by atoms with Crippen LogP contribution in [0, 0.1) is 22.1 Å². The van der Waals surface area contributed by atoms with Gasteiger partial charge in [-0.2, -0.15) is 0 Å². The summed E-state index contributed by atoms with van der Waals surface area (Å²) in [5.41, 5.74) is 0.702. The Morgan fingerprint density at radius 3 is 2.47 bits per heavy atom. The third-order valence-electron chi connectivity index (χ3n) is 2.85. The van der Waals surface area contributed by atoms with Gasteiger partial charge in [-0.15, -0.1) is 0 Å². The first-order valence-corrected chi connectivity index (χ1v) is 7.36. The monoisotopic (exact) mass is 438 g/mol. The van der Waals surface area contributed by atoms with Gasteiger partial charge in [-0.1, -0.05) is 28.1 Å². The Bertz CT molecular complexity index is 631. The molecule has 0 heterocycles. The van der Waals surface area contributed by atoms with E-state index in [9.17, 15) is 13.9 Å². The van der Waals surface area contributed by atoms with Crippen molar-refractivity contribution in [2.24, 2.45) is 0 Å². The maximum atomic E-state index is 13.9. The molecule has 0 aliphatic rings. The largest absolute Gasteiger partial charge is 0.384 e. The summed E-state index contributed by atoms with van der Waals surface area (Å²) in [4.78, 5) is 0. The Labute approximate surface area is 131 Å². The molecule has 0 aromatic heterocycles. The van der Waals surface area contributed by atoms with Crippen molar-refractivity contribution >= 4 is 38.5 Å². The zero-order valence-electron chi connectivity index (χ0n) is 9.92. The van der Waals surface area contributed by atoms with E-state index in [4.69, 9.17) is 0 Å². The van der Waals surface area contributed by atoms with E-state index in [1.807, 2.05) is 28.7 Å². The number of hydrogen-bond acceptors (Lipinski definition) is 1. The lowest BCUT2D eigenvalue weighted by Crippen LogP contribution is -2.07. The maximum absolute atomic E-state index is 13.9. The molecule has 0 amide bonds. The maximum Gasteiger partial charge on any atom is 0.165 e. The molecule has 19 heavy (non-hydrogen) atoms. The van der Waals surface area contributed by atoms with E-state index in [-0.39, 0.29) is 11.1 Å². The highest BCUT2D eigenvalue weighted by Crippen LogP contribution is 2.31. The quantitative estimate of drug-likeness (QED) is 0.672. The van der Waals surface area contributed by atoms with E-state index in [0.29, 0.717) is 5.56 Å². The van der Waals surface area contributed by atoms with E-state index in [1.165, 1.54) is 19.1 Å². The molecule has 0 radical (unpaired) electrons. The van der Waals surface area contributed by atoms with Crippen LogP contribution in [0.15, 0.2) is 34.8 Å². The lowest BCUT2D eigenvalue weighted by molar-refractivity contribution is 0.212. The van der Waals surface area contributed by atoms with Crippen LogP contribution in [0.25, 0.3) is 0 Å². The van der Waals surface area contributed by atoms with E-state index < -0.39 is 17.7 Å². The van der Waals surface area contributed by atoms with Gasteiger partial charge in [0, 0.05) is 13.6 Å². The molecule has 1 atom stereocenters. The number of aliphatic hydroxyl groups is 1. The zero-order valence-corrected chi connectivity index (χ0v) is 13.7. The molecular weight excluding hydrogens is 429 g/mol. The fraction of sp³-hybridized carbons (Fsp3) is 0.143. The molecule has 2 rings (SSSR count). The summed E-state index contributed by atoms with van der Waals surface area (Å²) >= 11 is 5.35. The van der Waals surface area contributed by atoms with Gasteiger partial charge < -0.3 is 5.11 Å². The summed E-state index contributed by atoms with van der Waals surface area (Å²) in [5.74, 6) is -1.91. The van der Waals surface area contributed by atoms with Crippen molar-refractivity contribution in [3.63, 3.8) is 0 Å².